The summed E-state index contributed by atoms with van der Waals surface area (Å²) in [6.45, 7) is 5.37. The second-order valence-corrected chi connectivity index (χ2v) is 9.84. The molecule has 1 fully saturated rings. The Morgan fingerprint density at radius 3 is 2.85 bits per heavy atom. The fourth-order valence-electron chi connectivity index (χ4n) is 4.15. The molecule has 1 N–H and O–H groups in total. The van der Waals surface area contributed by atoms with Gasteiger partial charge in [0.2, 0.25) is 0 Å². The summed E-state index contributed by atoms with van der Waals surface area (Å²) in [5.41, 5.74) is 2.52. The minimum Gasteiger partial charge on any atom is -0.478 e. The van der Waals surface area contributed by atoms with Crippen LogP contribution in [0.25, 0.3) is 11.7 Å². The van der Waals surface area contributed by atoms with E-state index in [9.17, 15) is 14.4 Å². The molecule has 3 aromatic rings. The molecular weight excluding hydrogens is 452 g/mol. The Bertz CT molecular complexity index is 1290. The van der Waals surface area contributed by atoms with Crippen molar-refractivity contribution in [3.8, 4) is 0 Å². The van der Waals surface area contributed by atoms with Gasteiger partial charge in [-0.05, 0) is 49.0 Å². The van der Waals surface area contributed by atoms with Gasteiger partial charge >= 0.3 is 5.97 Å². The highest BCUT2D eigenvalue weighted by Gasteiger charge is 2.24. The van der Waals surface area contributed by atoms with E-state index in [1.165, 1.54) is 10.5 Å². The lowest BCUT2D eigenvalue weighted by Crippen LogP contribution is -2.38. The largest absolute Gasteiger partial charge is 0.478 e. The molecule has 0 aliphatic carbocycles. The lowest BCUT2D eigenvalue weighted by molar-refractivity contribution is -0.131. The molecule has 3 aromatic heterocycles. The van der Waals surface area contributed by atoms with Gasteiger partial charge in [-0.2, -0.15) is 0 Å². The van der Waals surface area contributed by atoms with E-state index in [0.717, 1.165) is 54.3 Å². The summed E-state index contributed by atoms with van der Waals surface area (Å²) in [6, 6.07) is 3.79. The molecule has 0 bridgehead atoms. The van der Waals surface area contributed by atoms with Crippen molar-refractivity contribution in [1.29, 1.82) is 0 Å². The molecule has 9 heteroatoms. The predicted octanol–water partition coefficient (Wildman–Crippen LogP) is 3.57. The van der Waals surface area contributed by atoms with Crippen LogP contribution < -0.4 is 10.5 Å². The van der Waals surface area contributed by atoms with E-state index in [4.69, 9.17) is 15.1 Å². The summed E-state index contributed by atoms with van der Waals surface area (Å²) in [5, 5.41) is 12.3. The Labute approximate surface area is 201 Å². The topological polar surface area (TPSA) is 105 Å². The Balaban J connectivity index is 1.69. The number of hydrogen-bond donors (Lipinski definition) is 1. The van der Waals surface area contributed by atoms with Gasteiger partial charge in [0.05, 0.1) is 16.3 Å². The highest BCUT2D eigenvalue weighted by Crippen LogP contribution is 2.25. The number of pyridine rings is 1. The zero-order chi connectivity index (χ0) is 24.2. The molecule has 0 spiro atoms. The minimum atomic E-state index is -1.14. The van der Waals surface area contributed by atoms with Crippen molar-refractivity contribution in [3.63, 3.8) is 0 Å². The second-order valence-electron chi connectivity index (χ2n) is 8.89. The first-order chi connectivity index (χ1) is 16.4. The van der Waals surface area contributed by atoms with Crippen LogP contribution in [0.4, 0.5) is 5.82 Å². The van der Waals surface area contributed by atoms with E-state index in [0.29, 0.717) is 30.5 Å². The van der Waals surface area contributed by atoms with Crippen LogP contribution in [0.15, 0.2) is 34.6 Å². The SMILES string of the molecule is CC(C)c1csc(CCc2ccn3c(=O)c(/C=C/C(=O)O)c(N4CCCC(C=O)C4)nc3c2)n1. The fraction of sp³-hybridized carbons (Fsp3) is 0.400. The van der Waals surface area contributed by atoms with Crippen LogP contribution in [0, 0.1) is 5.92 Å². The van der Waals surface area contributed by atoms with Crippen LogP contribution in [-0.4, -0.2) is 44.8 Å². The number of anilines is 1. The van der Waals surface area contributed by atoms with Gasteiger partial charge in [0.25, 0.3) is 5.56 Å². The minimum absolute atomic E-state index is 0.134. The Kier molecular flexibility index (Phi) is 7.21. The highest BCUT2D eigenvalue weighted by atomic mass is 32.1. The first kappa shape index (κ1) is 23.8. The van der Waals surface area contributed by atoms with Gasteiger partial charge in [0.1, 0.15) is 17.8 Å². The number of carboxylic acid groups (broad SMARTS) is 1. The number of thiazole rings is 1. The molecule has 34 heavy (non-hydrogen) atoms. The quantitative estimate of drug-likeness (QED) is 0.388. The molecule has 1 atom stereocenters. The van der Waals surface area contributed by atoms with Gasteiger partial charge in [-0.3, -0.25) is 9.20 Å². The van der Waals surface area contributed by atoms with Gasteiger partial charge in [-0.25, -0.2) is 14.8 Å². The maximum absolute atomic E-state index is 13.3. The maximum Gasteiger partial charge on any atom is 0.328 e. The van der Waals surface area contributed by atoms with Gasteiger partial charge in [0, 0.05) is 43.1 Å². The average Bonchev–Trinajstić information content (AvgIpc) is 3.31. The Morgan fingerprint density at radius 2 is 2.15 bits per heavy atom. The van der Waals surface area contributed by atoms with Crippen LogP contribution in [0.3, 0.4) is 0 Å². The van der Waals surface area contributed by atoms with E-state index in [-0.39, 0.29) is 17.0 Å². The van der Waals surface area contributed by atoms with Crippen molar-refractivity contribution < 1.29 is 14.7 Å². The second kappa shape index (κ2) is 10.3. The summed E-state index contributed by atoms with van der Waals surface area (Å²) < 4.78 is 1.44. The van der Waals surface area contributed by atoms with E-state index in [1.807, 2.05) is 17.0 Å². The average molecular weight is 481 g/mol. The molecule has 1 unspecified atom stereocenters. The van der Waals surface area contributed by atoms with Gasteiger partial charge in [0.15, 0.2) is 0 Å². The molecule has 4 rings (SSSR count). The molecule has 0 aromatic carbocycles. The molecule has 0 radical (unpaired) electrons. The number of aliphatic carboxylic acids is 1. The molecule has 1 saturated heterocycles. The maximum atomic E-state index is 13.3. The number of carbonyl (C=O) groups excluding carboxylic acids is 1. The fourth-order valence-corrected chi connectivity index (χ4v) is 5.11. The summed E-state index contributed by atoms with van der Waals surface area (Å²) in [6.07, 6.45) is 8.05. The van der Waals surface area contributed by atoms with Crippen molar-refractivity contribution in [3.05, 3.63) is 62.0 Å². The summed E-state index contributed by atoms with van der Waals surface area (Å²) in [7, 11) is 0. The van der Waals surface area contributed by atoms with Gasteiger partial charge < -0.3 is 14.8 Å². The van der Waals surface area contributed by atoms with Crippen molar-refractivity contribution in [2.75, 3.05) is 18.0 Å². The van der Waals surface area contributed by atoms with E-state index in [2.05, 4.69) is 19.2 Å². The Hall–Kier alpha value is -3.33. The monoisotopic (exact) mass is 480 g/mol. The molecule has 178 valence electrons. The van der Waals surface area contributed by atoms with Gasteiger partial charge in [-0.15, -0.1) is 11.3 Å². The molecular formula is C25H28N4O4S. The summed E-state index contributed by atoms with van der Waals surface area (Å²) >= 11 is 1.66. The van der Waals surface area contributed by atoms with Crippen molar-refractivity contribution in [2.24, 2.45) is 5.92 Å². The first-order valence-corrected chi connectivity index (χ1v) is 12.3. The van der Waals surface area contributed by atoms with E-state index < -0.39 is 5.97 Å². The zero-order valence-electron chi connectivity index (χ0n) is 19.3. The number of piperidine rings is 1. The number of rotatable bonds is 8. The van der Waals surface area contributed by atoms with E-state index >= 15 is 0 Å². The van der Waals surface area contributed by atoms with Gasteiger partial charge in [-0.1, -0.05) is 13.8 Å². The molecule has 4 heterocycles. The third-order valence-electron chi connectivity index (χ3n) is 6.04. The van der Waals surface area contributed by atoms with Crippen LogP contribution in [0.1, 0.15) is 54.4 Å². The number of aldehydes is 1. The first-order valence-electron chi connectivity index (χ1n) is 11.5. The molecule has 1 aliphatic rings. The van der Waals surface area contributed by atoms with Crippen molar-refractivity contribution >= 4 is 41.1 Å². The number of fused-ring (bicyclic) bond motifs is 1. The van der Waals surface area contributed by atoms with Crippen molar-refractivity contribution in [1.82, 2.24) is 14.4 Å². The van der Waals surface area contributed by atoms with Crippen LogP contribution in [0.2, 0.25) is 0 Å². The number of aryl methyl sites for hydroxylation is 2. The predicted molar refractivity (Wildman–Crippen MR) is 133 cm³/mol. The molecule has 0 saturated carbocycles. The molecule has 1 aliphatic heterocycles. The third-order valence-corrected chi connectivity index (χ3v) is 6.97. The van der Waals surface area contributed by atoms with Crippen LogP contribution >= 0.6 is 11.3 Å². The summed E-state index contributed by atoms with van der Waals surface area (Å²) in [4.78, 5) is 47.2. The lowest BCUT2D eigenvalue weighted by Gasteiger charge is -2.32. The number of carbonyl (C=O) groups is 2. The van der Waals surface area contributed by atoms with Crippen LogP contribution in [0.5, 0.6) is 0 Å². The van der Waals surface area contributed by atoms with Crippen molar-refractivity contribution in [2.45, 2.75) is 45.4 Å². The smallest absolute Gasteiger partial charge is 0.328 e. The third kappa shape index (κ3) is 5.25. The number of hydrogen-bond acceptors (Lipinski definition) is 7. The number of aromatic nitrogens is 3. The number of carboxylic acids is 1. The lowest BCUT2D eigenvalue weighted by atomic mass is 9.99. The standard InChI is InChI=1S/C25H28N4O4S/c1-16(2)20-15-34-22(26-20)7-5-17-9-11-29-21(12-17)27-24(19(25(29)33)6-8-23(31)32)28-10-3-4-18(13-28)14-30/h6,8-9,11-12,14-16,18H,3-5,7,10,13H2,1-2H3,(H,31,32)/b8-6+. The highest BCUT2D eigenvalue weighted by molar-refractivity contribution is 7.09. The summed E-state index contributed by atoms with van der Waals surface area (Å²) in [5.74, 6) is -0.450. The number of nitrogens with zero attached hydrogens (tertiary/aromatic N) is 4. The Morgan fingerprint density at radius 1 is 1.32 bits per heavy atom. The van der Waals surface area contributed by atoms with E-state index in [1.54, 1.807) is 17.5 Å². The normalized spacial score (nSPS) is 16.6. The molecule has 0 amide bonds. The molecule has 8 nitrogen and oxygen atoms in total. The zero-order valence-corrected chi connectivity index (χ0v) is 20.1. The van der Waals surface area contributed by atoms with Crippen LogP contribution in [-0.2, 0) is 22.4 Å².